The number of ether oxygens (including phenoxy) is 1. The molecule has 230 valence electrons. The van der Waals surface area contributed by atoms with E-state index in [1.807, 2.05) is 0 Å². The highest BCUT2D eigenvalue weighted by Gasteiger charge is 2.47. The quantitative estimate of drug-likeness (QED) is 0.366. The van der Waals surface area contributed by atoms with E-state index in [2.05, 4.69) is 20.0 Å². The number of alkyl halides is 5. The molecule has 2 aromatic heterocycles. The lowest BCUT2D eigenvalue weighted by molar-refractivity contribution is -0.211. The lowest BCUT2D eigenvalue weighted by Crippen LogP contribution is -2.47. The Balaban J connectivity index is 1.89. The van der Waals surface area contributed by atoms with Gasteiger partial charge in [-0.3, -0.25) is 9.36 Å². The van der Waals surface area contributed by atoms with Gasteiger partial charge in [-0.25, -0.2) is 18.4 Å². The third-order valence-corrected chi connectivity index (χ3v) is 9.23. The normalized spacial score (nSPS) is 20.3. The van der Waals surface area contributed by atoms with Crippen molar-refractivity contribution >= 4 is 27.3 Å². The van der Waals surface area contributed by atoms with Gasteiger partial charge in [0.25, 0.3) is 5.91 Å². The fourth-order valence-corrected chi connectivity index (χ4v) is 6.04. The van der Waals surface area contributed by atoms with E-state index in [0.29, 0.717) is 0 Å². The first kappa shape index (κ1) is 33.0. The van der Waals surface area contributed by atoms with Crippen LogP contribution in [0.5, 0.6) is 5.75 Å². The molecule has 0 radical (unpaired) electrons. The number of carbonyl (C=O) groups is 1. The van der Waals surface area contributed by atoms with Gasteiger partial charge in [0.05, 0.1) is 16.3 Å². The summed E-state index contributed by atoms with van der Waals surface area (Å²) < 4.78 is 96.0. The molecule has 0 bridgehead atoms. The number of aryl methyl sites for hydroxylation is 1. The van der Waals surface area contributed by atoms with Crippen molar-refractivity contribution in [1.29, 1.82) is 0 Å². The van der Waals surface area contributed by atoms with Gasteiger partial charge in [-0.15, -0.1) is 0 Å². The molecule has 0 atom stereocenters. The zero-order valence-electron chi connectivity index (χ0n) is 22.9. The van der Waals surface area contributed by atoms with Crippen LogP contribution in [0.25, 0.3) is 5.82 Å². The van der Waals surface area contributed by atoms with Crippen LogP contribution in [0.3, 0.4) is 0 Å². The van der Waals surface area contributed by atoms with Crippen molar-refractivity contribution in [3.05, 3.63) is 34.5 Å². The number of carbonyl (C=O) groups excluding carboxylic acids is 1. The summed E-state index contributed by atoms with van der Waals surface area (Å²) in [6, 6.07) is 1.01. The Labute approximate surface area is 239 Å². The summed E-state index contributed by atoms with van der Waals surface area (Å²) in [5, 5.41) is 12.5. The number of rotatable bonds is 10. The lowest BCUT2D eigenvalue weighted by atomic mass is 9.84. The second-order valence-corrected chi connectivity index (χ2v) is 13.6. The number of hydrogen-bond donors (Lipinski definition) is 2. The van der Waals surface area contributed by atoms with Crippen LogP contribution in [-0.2, 0) is 22.7 Å². The van der Waals surface area contributed by atoms with Gasteiger partial charge in [0.2, 0.25) is 0 Å². The number of hydrogen-bond acceptors (Lipinski definition) is 7. The Bertz CT molecular complexity index is 1370. The molecular formula is C25H32ClF5N4O5S. The van der Waals surface area contributed by atoms with Crippen LogP contribution in [0.4, 0.5) is 22.0 Å². The minimum absolute atomic E-state index is 0.0159. The van der Waals surface area contributed by atoms with Crippen molar-refractivity contribution in [2.75, 3.05) is 12.8 Å². The third kappa shape index (κ3) is 7.66. The van der Waals surface area contributed by atoms with Gasteiger partial charge < -0.3 is 15.2 Å². The monoisotopic (exact) mass is 630 g/mol. The Hall–Kier alpha value is -2.52. The van der Waals surface area contributed by atoms with E-state index < -0.39 is 57.0 Å². The maximum atomic E-state index is 13.4. The molecule has 16 heteroatoms. The van der Waals surface area contributed by atoms with Crippen molar-refractivity contribution in [2.24, 2.45) is 5.41 Å². The van der Waals surface area contributed by atoms with E-state index in [1.165, 1.54) is 0 Å². The summed E-state index contributed by atoms with van der Waals surface area (Å²) in [7, 11) is -3.26. The highest BCUT2D eigenvalue weighted by molar-refractivity contribution is 7.91. The predicted octanol–water partition coefficient (Wildman–Crippen LogP) is 4.66. The van der Waals surface area contributed by atoms with Crippen molar-refractivity contribution < 1.29 is 45.0 Å². The third-order valence-electron chi connectivity index (χ3n) is 7.20. The zero-order valence-corrected chi connectivity index (χ0v) is 24.4. The molecule has 41 heavy (non-hydrogen) atoms. The molecule has 1 fully saturated rings. The maximum absolute atomic E-state index is 13.4. The molecule has 2 heterocycles. The van der Waals surface area contributed by atoms with E-state index >= 15 is 0 Å². The van der Waals surface area contributed by atoms with Crippen LogP contribution in [0, 0.1) is 5.41 Å². The highest BCUT2D eigenvalue weighted by Crippen LogP contribution is 2.41. The second-order valence-electron chi connectivity index (χ2n) is 10.9. The molecule has 1 aliphatic carbocycles. The number of halogens is 6. The van der Waals surface area contributed by atoms with Gasteiger partial charge in [-0.2, -0.15) is 22.0 Å². The Morgan fingerprint density at radius 1 is 1.29 bits per heavy atom. The van der Waals surface area contributed by atoms with Crippen LogP contribution in [0.15, 0.2) is 12.3 Å². The highest BCUT2D eigenvalue weighted by atomic mass is 35.5. The summed E-state index contributed by atoms with van der Waals surface area (Å²) in [6.07, 6.45) is -2.01. The van der Waals surface area contributed by atoms with Crippen molar-refractivity contribution in [2.45, 2.75) is 82.9 Å². The summed E-state index contributed by atoms with van der Waals surface area (Å²) >= 11 is 6.46. The number of aromatic nitrogens is 3. The van der Waals surface area contributed by atoms with Crippen LogP contribution in [0.1, 0.15) is 68.3 Å². The van der Waals surface area contributed by atoms with Crippen molar-refractivity contribution in [3.8, 4) is 11.6 Å². The predicted molar refractivity (Wildman–Crippen MR) is 140 cm³/mol. The number of imidazole rings is 1. The van der Waals surface area contributed by atoms with Crippen molar-refractivity contribution in [3.63, 3.8) is 0 Å². The molecule has 0 spiro atoms. The van der Waals surface area contributed by atoms with Crippen LogP contribution in [0.2, 0.25) is 5.15 Å². The SMILES string of the molecule is CCc1nc(C(=O)NCC2(O)CCC(S(C)(=O)=O)CC2)c(Cl)n1-c1ncc(CC(C)(C)C(F)(F)F)cc1OC(F)F. The molecule has 2 aromatic rings. The number of nitrogens with one attached hydrogen (secondary N) is 1. The molecule has 2 N–H and O–H groups in total. The maximum Gasteiger partial charge on any atom is 0.394 e. The smallest absolute Gasteiger partial charge is 0.394 e. The molecule has 0 aliphatic heterocycles. The average molecular weight is 631 g/mol. The summed E-state index contributed by atoms with van der Waals surface area (Å²) in [6.45, 7) is 0.0299. The van der Waals surface area contributed by atoms with Gasteiger partial charge in [0.1, 0.15) is 20.8 Å². The van der Waals surface area contributed by atoms with Crippen LogP contribution in [-0.4, -0.2) is 70.4 Å². The Kier molecular flexibility index (Phi) is 9.65. The number of amides is 1. The molecule has 1 amide bonds. The van der Waals surface area contributed by atoms with Gasteiger partial charge in [0, 0.05) is 25.4 Å². The van der Waals surface area contributed by atoms with Gasteiger partial charge >= 0.3 is 12.8 Å². The molecule has 1 saturated carbocycles. The number of sulfone groups is 1. The fourth-order valence-electron chi connectivity index (χ4n) is 4.64. The van der Waals surface area contributed by atoms with E-state index in [4.69, 9.17) is 11.6 Å². The van der Waals surface area contributed by atoms with Gasteiger partial charge in [-0.05, 0) is 43.7 Å². The fraction of sp³-hybridized carbons (Fsp3) is 0.640. The van der Waals surface area contributed by atoms with E-state index in [0.717, 1.165) is 36.9 Å². The topological polar surface area (TPSA) is 123 Å². The Morgan fingerprint density at radius 3 is 2.41 bits per heavy atom. The lowest BCUT2D eigenvalue weighted by Gasteiger charge is -2.35. The average Bonchev–Trinajstić information content (AvgIpc) is 3.17. The minimum Gasteiger partial charge on any atom is -0.431 e. The molecule has 0 aromatic carbocycles. The summed E-state index contributed by atoms with van der Waals surface area (Å²) in [4.78, 5) is 21.3. The zero-order chi connectivity index (χ0) is 31.0. The number of nitrogens with zero attached hydrogens (tertiary/aromatic N) is 3. The van der Waals surface area contributed by atoms with Crippen LogP contribution >= 0.6 is 11.6 Å². The minimum atomic E-state index is -4.57. The molecule has 9 nitrogen and oxygen atoms in total. The second kappa shape index (κ2) is 12.0. The van der Waals surface area contributed by atoms with Gasteiger partial charge in [0.15, 0.2) is 17.3 Å². The molecule has 1 aliphatic rings. The first-order valence-corrected chi connectivity index (χ1v) is 15.1. The summed E-state index contributed by atoms with van der Waals surface area (Å²) in [5.74, 6) is -1.53. The number of aliphatic hydroxyl groups is 1. The molecule has 0 unspecified atom stereocenters. The first-order chi connectivity index (χ1) is 18.8. The molecule has 3 rings (SSSR count). The molecule has 0 saturated heterocycles. The summed E-state index contributed by atoms with van der Waals surface area (Å²) in [5.41, 5.74) is -3.85. The van der Waals surface area contributed by atoms with E-state index in [-0.39, 0.29) is 66.7 Å². The Morgan fingerprint density at radius 2 is 1.90 bits per heavy atom. The molecular weight excluding hydrogens is 599 g/mol. The number of pyridine rings is 1. The standard InChI is InChI=1S/C25H32ClF5N4O5S/c1-5-17-34-18(21(36)33-13-24(37)8-6-15(7-9-24)41(4,38)39)19(26)35(17)20-16(40-22(27)28)10-14(12-32-20)11-23(2,3)25(29,30)31/h10,12,15,22,37H,5-9,11,13H2,1-4H3,(H,33,36). The van der Waals surface area contributed by atoms with Gasteiger partial charge in [-0.1, -0.05) is 32.4 Å². The first-order valence-electron chi connectivity index (χ1n) is 12.8. The van der Waals surface area contributed by atoms with E-state index in [9.17, 15) is 40.3 Å². The van der Waals surface area contributed by atoms with E-state index in [1.54, 1.807) is 6.92 Å². The largest absolute Gasteiger partial charge is 0.431 e. The van der Waals surface area contributed by atoms with Crippen LogP contribution < -0.4 is 10.1 Å². The van der Waals surface area contributed by atoms with Crippen molar-refractivity contribution in [1.82, 2.24) is 19.9 Å².